The number of aliphatic hydroxyl groups is 1. The minimum absolute atomic E-state index is 0.0572. The Morgan fingerprint density at radius 1 is 1.13 bits per heavy atom. The fourth-order valence-corrected chi connectivity index (χ4v) is 5.47. The summed E-state index contributed by atoms with van der Waals surface area (Å²) in [4.78, 5) is 15.0. The lowest BCUT2D eigenvalue weighted by molar-refractivity contribution is -0.149. The lowest BCUT2D eigenvalue weighted by Gasteiger charge is -2.42. The monoisotopic (exact) mass is 423 g/mol. The SMILES string of the molecule is O=C(N1CCC[C@H](c2ccn[nH]2)[C@@H]1COC1CCC(c2ccccc2)CC1)C1(O)CC1. The molecule has 1 aromatic carbocycles. The van der Waals surface area contributed by atoms with E-state index < -0.39 is 5.60 Å². The van der Waals surface area contributed by atoms with Crippen molar-refractivity contribution in [1.29, 1.82) is 0 Å². The van der Waals surface area contributed by atoms with Crippen molar-refractivity contribution < 1.29 is 14.6 Å². The van der Waals surface area contributed by atoms with Gasteiger partial charge in [0, 0.05) is 24.4 Å². The van der Waals surface area contributed by atoms with E-state index in [0.29, 0.717) is 31.9 Å². The molecular weight excluding hydrogens is 390 g/mol. The van der Waals surface area contributed by atoms with Crippen LogP contribution in [0.2, 0.25) is 0 Å². The highest BCUT2D eigenvalue weighted by Gasteiger charge is 2.52. The van der Waals surface area contributed by atoms with E-state index >= 15 is 0 Å². The molecule has 0 spiro atoms. The third kappa shape index (κ3) is 4.41. The highest BCUT2D eigenvalue weighted by molar-refractivity contribution is 5.88. The summed E-state index contributed by atoms with van der Waals surface area (Å²) >= 11 is 0. The number of aromatic amines is 1. The number of carbonyl (C=O) groups excluding carboxylic acids is 1. The van der Waals surface area contributed by atoms with Gasteiger partial charge in [0.1, 0.15) is 5.60 Å². The molecule has 1 amide bonds. The number of H-pyrrole nitrogens is 1. The maximum atomic E-state index is 13.1. The van der Waals surface area contributed by atoms with Gasteiger partial charge in [0.25, 0.3) is 5.91 Å². The Morgan fingerprint density at radius 3 is 2.58 bits per heavy atom. The molecule has 5 rings (SSSR count). The van der Waals surface area contributed by atoms with E-state index in [1.807, 2.05) is 11.0 Å². The zero-order chi connectivity index (χ0) is 21.3. The van der Waals surface area contributed by atoms with E-state index in [2.05, 4.69) is 40.5 Å². The summed E-state index contributed by atoms with van der Waals surface area (Å²) in [5, 5.41) is 17.7. The second-order valence-electron chi connectivity index (χ2n) is 9.58. The molecule has 0 unspecified atom stereocenters. The molecule has 2 atom stereocenters. The third-order valence-electron chi connectivity index (χ3n) is 7.53. The fraction of sp³-hybridized carbons (Fsp3) is 0.600. The van der Waals surface area contributed by atoms with E-state index in [1.54, 1.807) is 6.20 Å². The molecule has 166 valence electrons. The van der Waals surface area contributed by atoms with E-state index in [1.165, 1.54) is 5.56 Å². The number of nitrogens with zero attached hydrogens (tertiary/aromatic N) is 2. The molecule has 2 aromatic rings. The number of hydrogen-bond acceptors (Lipinski definition) is 4. The lowest BCUT2D eigenvalue weighted by atomic mass is 9.82. The Kier molecular flexibility index (Phi) is 5.85. The van der Waals surface area contributed by atoms with E-state index in [0.717, 1.165) is 44.2 Å². The molecule has 0 radical (unpaired) electrons. The van der Waals surface area contributed by atoms with Crippen molar-refractivity contribution in [1.82, 2.24) is 15.1 Å². The smallest absolute Gasteiger partial charge is 0.254 e. The highest BCUT2D eigenvalue weighted by atomic mass is 16.5. The second kappa shape index (κ2) is 8.75. The number of carbonyl (C=O) groups is 1. The molecule has 31 heavy (non-hydrogen) atoms. The first kappa shape index (κ1) is 20.7. The molecule has 1 aliphatic heterocycles. The predicted octanol–water partition coefficient (Wildman–Crippen LogP) is 3.75. The highest BCUT2D eigenvalue weighted by Crippen LogP contribution is 2.41. The van der Waals surface area contributed by atoms with Crippen LogP contribution in [0.3, 0.4) is 0 Å². The molecule has 2 saturated carbocycles. The van der Waals surface area contributed by atoms with Gasteiger partial charge in [-0.3, -0.25) is 9.89 Å². The molecule has 3 fully saturated rings. The Hall–Kier alpha value is -2.18. The van der Waals surface area contributed by atoms with Gasteiger partial charge in [0.2, 0.25) is 0 Å². The van der Waals surface area contributed by atoms with Crippen molar-refractivity contribution in [2.24, 2.45) is 0 Å². The molecule has 2 N–H and O–H groups in total. The Labute approximate surface area is 184 Å². The zero-order valence-electron chi connectivity index (χ0n) is 18.1. The van der Waals surface area contributed by atoms with Crippen LogP contribution in [0.25, 0.3) is 0 Å². The van der Waals surface area contributed by atoms with Gasteiger partial charge in [0.05, 0.1) is 18.8 Å². The standard InChI is InChI=1S/C25H33N3O3/c29-24(25(30)13-14-25)28-16-4-7-21(22-12-15-26-27-22)23(28)17-31-20-10-8-19(9-11-20)18-5-2-1-3-6-18/h1-3,5-6,12,15,19-21,23,30H,4,7-11,13-14,16-17H2,(H,26,27)/t19?,20?,21-,23+/m1/s1. The molecule has 1 aromatic heterocycles. The molecule has 6 nitrogen and oxygen atoms in total. The fourth-order valence-electron chi connectivity index (χ4n) is 5.47. The number of nitrogens with one attached hydrogen (secondary N) is 1. The van der Waals surface area contributed by atoms with Crippen molar-refractivity contribution in [3.8, 4) is 0 Å². The topological polar surface area (TPSA) is 78.5 Å². The van der Waals surface area contributed by atoms with Crippen LogP contribution in [-0.2, 0) is 9.53 Å². The van der Waals surface area contributed by atoms with Crippen molar-refractivity contribution in [2.75, 3.05) is 13.2 Å². The minimum atomic E-state index is -1.14. The zero-order valence-corrected chi connectivity index (χ0v) is 18.1. The van der Waals surface area contributed by atoms with E-state index in [-0.39, 0.29) is 24.0 Å². The number of likely N-dealkylation sites (tertiary alicyclic amines) is 1. The average Bonchev–Trinajstić information content (AvgIpc) is 3.34. The van der Waals surface area contributed by atoms with E-state index in [9.17, 15) is 9.90 Å². The quantitative estimate of drug-likeness (QED) is 0.742. The Bertz CT molecular complexity index is 857. The summed E-state index contributed by atoms with van der Waals surface area (Å²) < 4.78 is 6.44. The summed E-state index contributed by atoms with van der Waals surface area (Å²) in [6.07, 6.45) is 9.50. The molecule has 1 saturated heterocycles. The minimum Gasteiger partial charge on any atom is -0.380 e. The number of ether oxygens (including phenoxy) is 1. The number of piperidine rings is 1. The maximum absolute atomic E-state index is 13.1. The molecule has 2 aliphatic carbocycles. The van der Waals surface area contributed by atoms with Gasteiger partial charge in [0.15, 0.2) is 0 Å². The van der Waals surface area contributed by atoms with E-state index in [4.69, 9.17) is 4.74 Å². The number of rotatable bonds is 6. The summed E-state index contributed by atoms with van der Waals surface area (Å²) in [6, 6.07) is 12.7. The van der Waals surface area contributed by atoms with Crippen LogP contribution in [0.1, 0.15) is 74.5 Å². The van der Waals surface area contributed by atoms with Crippen LogP contribution >= 0.6 is 0 Å². The molecule has 2 heterocycles. The first-order chi connectivity index (χ1) is 15.1. The van der Waals surface area contributed by atoms with Crippen molar-refractivity contribution >= 4 is 5.91 Å². The number of amides is 1. The lowest BCUT2D eigenvalue weighted by Crippen LogP contribution is -2.54. The van der Waals surface area contributed by atoms with Crippen molar-refractivity contribution in [3.63, 3.8) is 0 Å². The van der Waals surface area contributed by atoms with Crippen molar-refractivity contribution in [3.05, 3.63) is 53.9 Å². The van der Waals surface area contributed by atoms with Gasteiger partial charge >= 0.3 is 0 Å². The molecular formula is C25H33N3O3. The second-order valence-corrected chi connectivity index (χ2v) is 9.58. The van der Waals surface area contributed by atoms with Gasteiger partial charge in [-0.25, -0.2) is 0 Å². The van der Waals surface area contributed by atoms with Crippen molar-refractivity contribution in [2.45, 2.75) is 80.9 Å². The summed E-state index contributed by atoms with van der Waals surface area (Å²) in [7, 11) is 0. The van der Waals surface area contributed by atoms with Gasteiger partial charge in [-0.15, -0.1) is 0 Å². The largest absolute Gasteiger partial charge is 0.380 e. The number of hydrogen-bond donors (Lipinski definition) is 2. The van der Waals surface area contributed by atoms with Crippen LogP contribution in [0.15, 0.2) is 42.6 Å². The van der Waals surface area contributed by atoms with Crippen LogP contribution in [0, 0.1) is 0 Å². The van der Waals surface area contributed by atoms with Crippen LogP contribution in [-0.4, -0.2) is 57.0 Å². The van der Waals surface area contributed by atoms with Gasteiger partial charge in [-0.2, -0.15) is 5.10 Å². The number of benzene rings is 1. The van der Waals surface area contributed by atoms with Gasteiger partial charge < -0.3 is 14.7 Å². The average molecular weight is 424 g/mol. The number of aromatic nitrogens is 2. The van der Waals surface area contributed by atoms with Crippen LogP contribution in [0.5, 0.6) is 0 Å². The molecule has 0 bridgehead atoms. The first-order valence-electron chi connectivity index (χ1n) is 11.8. The first-order valence-corrected chi connectivity index (χ1v) is 11.8. The maximum Gasteiger partial charge on any atom is 0.254 e. The Morgan fingerprint density at radius 2 is 1.90 bits per heavy atom. The van der Waals surface area contributed by atoms with Gasteiger partial charge in [-0.05, 0) is 68.9 Å². The third-order valence-corrected chi connectivity index (χ3v) is 7.53. The van der Waals surface area contributed by atoms with Crippen LogP contribution in [0.4, 0.5) is 0 Å². The molecule has 3 aliphatic rings. The Balaban J connectivity index is 1.24. The summed E-state index contributed by atoms with van der Waals surface area (Å²) in [5.41, 5.74) is 1.35. The normalized spacial score (nSPS) is 30.2. The summed E-state index contributed by atoms with van der Waals surface area (Å²) in [6.45, 7) is 1.22. The molecule has 6 heteroatoms. The van der Waals surface area contributed by atoms with Crippen LogP contribution < -0.4 is 0 Å². The van der Waals surface area contributed by atoms with Gasteiger partial charge in [-0.1, -0.05) is 30.3 Å². The summed E-state index contributed by atoms with van der Waals surface area (Å²) in [5.74, 6) is 0.678. The predicted molar refractivity (Wildman–Crippen MR) is 118 cm³/mol.